The van der Waals surface area contributed by atoms with E-state index in [0.29, 0.717) is 46.6 Å². The molecule has 39 heavy (non-hydrogen) atoms. The molecule has 2 heterocycles. The Bertz CT molecular complexity index is 1690. The van der Waals surface area contributed by atoms with Gasteiger partial charge in [-0.25, -0.2) is 27.6 Å². The third-order valence-electron chi connectivity index (χ3n) is 6.89. The number of sulfonamides is 1. The van der Waals surface area contributed by atoms with Gasteiger partial charge in [-0.15, -0.1) is 0 Å². The summed E-state index contributed by atoms with van der Waals surface area (Å²) in [5.41, 5.74) is 1.53. The second-order valence-electron chi connectivity index (χ2n) is 9.34. The zero-order chi connectivity index (χ0) is 27.7. The maximum atomic E-state index is 13.4. The third kappa shape index (κ3) is 5.03. The van der Waals surface area contributed by atoms with Crippen LogP contribution in [0.25, 0.3) is 17.0 Å². The summed E-state index contributed by atoms with van der Waals surface area (Å²) in [7, 11) is -1.06. The summed E-state index contributed by atoms with van der Waals surface area (Å²) in [6, 6.07) is 9.17. The highest BCUT2D eigenvalue weighted by Crippen LogP contribution is 2.37. The molecule has 1 aliphatic rings. The van der Waals surface area contributed by atoms with Gasteiger partial charge in [0, 0.05) is 12.0 Å². The van der Waals surface area contributed by atoms with Crippen LogP contribution in [0.5, 0.6) is 17.2 Å². The number of aryl methyl sites for hydroxylation is 1. The summed E-state index contributed by atoms with van der Waals surface area (Å²) in [5.74, 6) is 2.26. The van der Waals surface area contributed by atoms with Gasteiger partial charge >= 0.3 is 5.69 Å². The molecule has 1 fully saturated rings. The largest absolute Gasteiger partial charge is 0.493 e. The quantitative estimate of drug-likeness (QED) is 0.314. The summed E-state index contributed by atoms with van der Waals surface area (Å²) in [4.78, 5) is 25.4. The first-order valence-corrected chi connectivity index (χ1v) is 14.3. The van der Waals surface area contributed by atoms with E-state index >= 15 is 0 Å². The number of methoxy groups -OCH3 is 2. The van der Waals surface area contributed by atoms with E-state index in [1.807, 2.05) is 6.92 Å². The van der Waals surface area contributed by atoms with Crippen molar-refractivity contribution >= 4 is 21.4 Å². The highest BCUT2D eigenvalue weighted by Gasteiger charge is 2.26. The summed E-state index contributed by atoms with van der Waals surface area (Å²) >= 11 is 0. The fourth-order valence-electron chi connectivity index (χ4n) is 5.04. The number of anilines is 1. The van der Waals surface area contributed by atoms with E-state index in [0.717, 1.165) is 31.4 Å². The van der Waals surface area contributed by atoms with Gasteiger partial charge in [-0.1, -0.05) is 12.8 Å². The number of benzene rings is 2. The predicted octanol–water partition coefficient (Wildman–Crippen LogP) is 4.27. The van der Waals surface area contributed by atoms with Crippen molar-refractivity contribution in [3.63, 3.8) is 0 Å². The van der Waals surface area contributed by atoms with E-state index in [-0.39, 0.29) is 16.6 Å². The molecular weight excluding hydrogens is 522 g/mol. The Labute approximate surface area is 226 Å². The van der Waals surface area contributed by atoms with Crippen molar-refractivity contribution in [1.29, 1.82) is 0 Å². The van der Waals surface area contributed by atoms with Gasteiger partial charge in [-0.05, 0) is 57.0 Å². The van der Waals surface area contributed by atoms with Gasteiger partial charge in [0.1, 0.15) is 17.4 Å². The first kappa shape index (κ1) is 26.5. The summed E-state index contributed by atoms with van der Waals surface area (Å²) in [6.07, 6.45) is 4.21. The molecular formula is C27H31N5O6S. The second kappa shape index (κ2) is 10.6. The summed E-state index contributed by atoms with van der Waals surface area (Å²) < 4.78 is 47.1. The van der Waals surface area contributed by atoms with Crippen molar-refractivity contribution in [1.82, 2.24) is 19.4 Å². The molecule has 2 N–H and O–H groups in total. The number of nitrogens with one attached hydrogen (secondary N) is 2. The Hall–Kier alpha value is -4.06. The van der Waals surface area contributed by atoms with Crippen molar-refractivity contribution in [2.24, 2.45) is 0 Å². The molecule has 11 nitrogen and oxygen atoms in total. The van der Waals surface area contributed by atoms with Crippen LogP contribution in [-0.2, 0) is 10.0 Å². The molecule has 206 valence electrons. The van der Waals surface area contributed by atoms with Crippen LogP contribution in [0.3, 0.4) is 0 Å². The molecule has 5 rings (SSSR count). The highest BCUT2D eigenvalue weighted by atomic mass is 32.2. The monoisotopic (exact) mass is 553 g/mol. The fraction of sp³-hybridized carbons (Fsp3) is 0.370. The topological polar surface area (TPSA) is 137 Å². The van der Waals surface area contributed by atoms with Gasteiger partial charge < -0.3 is 14.2 Å². The predicted molar refractivity (Wildman–Crippen MR) is 147 cm³/mol. The molecule has 0 unspecified atom stereocenters. The maximum Gasteiger partial charge on any atom is 0.334 e. The average Bonchev–Trinajstić information content (AvgIpc) is 3.57. The SMILES string of the molecule is CCOc1ccc(S(=O)(=O)Nc2ccc(OC)c(OC)c2)cc1-c1nc2c(C3CCCC3)nc(C)n2c(=O)[nH]1. The number of fused-ring (bicyclic) bond motifs is 1. The van der Waals surface area contributed by atoms with Gasteiger partial charge in [-0.2, -0.15) is 0 Å². The highest BCUT2D eigenvalue weighted by molar-refractivity contribution is 7.92. The first-order chi connectivity index (χ1) is 18.7. The average molecular weight is 554 g/mol. The minimum atomic E-state index is -4.03. The molecule has 1 aliphatic carbocycles. The number of H-pyrrole nitrogens is 1. The van der Waals surface area contributed by atoms with E-state index in [1.54, 1.807) is 25.1 Å². The van der Waals surface area contributed by atoms with Gasteiger partial charge in [0.15, 0.2) is 17.1 Å². The van der Waals surface area contributed by atoms with Crippen LogP contribution >= 0.6 is 0 Å². The Balaban J connectivity index is 1.60. The number of nitrogens with zero attached hydrogens (tertiary/aromatic N) is 3. The lowest BCUT2D eigenvalue weighted by Gasteiger charge is -2.14. The van der Waals surface area contributed by atoms with E-state index in [4.69, 9.17) is 19.2 Å². The molecule has 0 atom stereocenters. The molecule has 0 saturated heterocycles. The number of aromatic nitrogens is 4. The third-order valence-corrected chi connectivity index (χ3v) is 8.27. The van der Waals surface area contributed by atoms with Crippen molar-refractivity contribution in [2.75, 3.05) is 25.5 Å². The first-order valence-electron chi connectivity index (χ1n) is 12.8. The number of imidazole rings is 1. The molecule has 0 radical (unpaired) electrons. The van der Waals surface area contributed by atoms with Crippen molar-refractivity contribution in [2.45, 2.75) is 50.3 Å². The second-order valence-corrected chi connectivity index (χ2v) is 11.0. The van der Waals surface area contributed by atoms with E-state index < -0.39 is 15.7 Å². The lowest BCUT2D eigenvalue weighted by Crippen LogP contribution is -2.20. The Morgan fingerprint density at radius 3 is 2.44 bits per heavy atom. The van der Waals surface area contributed by atoms with Gasteiger partial charge in [0.05, 0.1) is 42.7 Å². The van der Waals surface area contributed by atoms with Crippen molar-refractivity contribution < 1.29 is 22.6 Å². The molecule has 0 amide bonds. The summed E-state index contributed by atoms with van der Waals surface area (Å²) in [6.45, 7) is 3.94. The van der Waals surface area contributed by atoms with Crippen LogP contribution in [0.2, 0.25) is 0 Å². The fourth-order valence-corrected chi connectivity index (χ4v) is 6.12. The molecule has 0 aliphatic heterocycles. The number of hydrogen-bond donors (Lipinski definition) is 2. The molecule has 0 bridgehead atoms. The van der Waals surface area contributed by atoms with Crippen LogP contribution in [-0.4, -0.2) is 48.6 Å². The van der Waals surface area contributed by atoms with E-state index in [2.05, 4.69) is 14.7 Å². The lowest BCUT2D eigenvalue weighted by atomic mass is 10.0. The van der Waals surface area contributed by atoms with Crippen LogP contribution in [0.15, 0.2) is 46.1 Å². The van der Waals surface area contributed by atoms with Crippen LogP contribution in [0.4, 0.5) is 5.69 Å². The number of rotatable bonds is 9. The minimum absolute atomic E-state index is 0.0287. The number of hydrogen-bond acceptors (Lipinski definition) is 8. The van der Waals surface area contributed by atoms with E-state index in [1.165, 1.54) is 36.8 Å². The molecule has 2 aromatic carbocycles. The molecule has 1 saturated carbocycles. The molecule has 12 heteroatoms. The zero-order valence-corrected chi connectivity index (χ0v) is 23.1. The minimum Gasteiger partial charge on any atom is -0.493 e. The Morgan fingerprint density at radius 1 is 1.03 bits per heavy atom. The van der Waals surface area contributed by atoms with Crippen LogP contribution in [0.1, 0.15) is 50.0 Å². The van der Waals surface area contributed by atoms with Crippen molar-refractivity contribution in [3.05, 3.63) is 58.4 Å². The van der Waals surface area contributed by atoms with Gasteiger partial charge in [-0.3, -0.25) is 9.71 Å². The summed E-state index contributed by atoms with van der Waals surface area (Å²) in [5, 5.41) is 0. The molecule has 4 aromatic rings. The maximum absolute atomic E-state index is 13.4. The lowest BCUT2D eigenvalue weighted by molar-refractivity contribution is 0.341. The van der Waals surface area contributed by atoms with Gasteiger partial charge in [0.25, 0.3) is 10.0 Å². The van der Waals surface area contributed by atoms with Crippen LogP contribution in [0, 0.1) is 6.92 Å². The Kier molecular flexibility index (Phi) is 7.21. The molecule has 0 spiro atoms. The van der Waals surface area contributed by atoms with Gasteiger partial charge in [0.2, 0.25) is 0 Å². The standard InChI is InChI=1S/C27H31N5O6S/c1-5-38-21-13-11-19(39(34,35)31-18-10-12-22(36-3)23(14-18)37-4)15-20(21)25-29-26-24(17-8-6-7-9-17)28-16(2)32(26)27(33)30-25/h10-15,17,31H,5-9H2,1-4H3,(H,29,30,33). The smallest absolute Gasteiger partial charge is 0.334 e. The van der Waals surface area contributed by atoms with E-state index in [9.17, 15) is 13.2 Å². The Morgan fingerprint density at radius 2 is 1.74 bits per heavy atom. The van der Waals surface area contributed by atoms with Crippen LogP contribution < -0.4 is 24.6 Å². The molecule has 2 aromatic heterocycles. The number of aromatic amines is 1. The normalized spacial score (nSPS) is 14.1. The van der Waals surface area contributed by atoms with Crippen molar-refractivity contribution in [3.8, 4) is 28.6 Å². The number of ether oxygens (including phenoxy) is 3. The zero-order valence-electron chi connectivity index (χ0n) is 22.3.